The zero-order valence-corrected chi connectivity index (χ0v) is 16.8. The van der Waals surface area contributed by atoms with Crippen LogP contribution in [0.25, 0.3) is 0 Å². The van der Waals surface area contributed by atoms with Crippen LogP contribution >= 0.6 is 0 Å². The van der Waals surface area contributed by atoms with Crippen LogP contribution in [0.15, 0.2) is 72.8 Å². The van der Waals surface area contributed by atoms with Gasteiger partial charge in [-0.25, -0.2) is 4.39 Å². The lowest BCUT2D eigenvalue weighted by Crippen LogP contribution is -2.25. The second-order valence-corrected chi connectivity index (χ2v) is 7.13. The standard InChI is InChI=1S/C24H22FN3O3/c25-19-15-17(12-13-21(19)28-14-6-11-24(28)30)26-16-23(29)27-20-9-4-5-10-22(20)31-18-7-2-1-3-8-18/h1-5,7-10,12-13,15,26H,6,11,14,16H2,(H,27,29). The number of anilines is 3. The van der Waals surface area contributed by atoms with Crippen LogP contribution in [0.5, 0.6) is 11.5 Å². The van der Waals surface area contributed by atoms with Crippen molar-refractivity contribution in [2.75, 3.05) is 28.6 Å². The van der Waals surface area contributed by atoms with Gasteiger partial charge in [0.1, 0.15) is 11.6 Å². The zero-order valence-electron chi connectivity index (χ0n) is 16.8. The summed E-state index contributed by atoms with van der Waals surface area (Å²) in [4.78, 5) is 25.7. The predicted octanol–water partition coefficient (Wildman–Crippen LogP) is 4.80. The van der Waals surface area contributed by atoms with E-state index in [1.165, 1.54) is 11.0 Å². The first-order valence-electron chi connectivity index (χ1n) is 10.1. The van der Waals surface area contributed by atoms with Crippen molar-refractivity contribution in [2.24, 2.45) is 0 Å². The Balaban J connectivity index is 1.37. The highest BCUT2D eigenvalue weighted by Crippen LogP contribution is 2.29. The topological polar surface area (TPSA) is 70.7 Å². The van der Waals surface area contributed by atoms with Gasteiger partial charge in [0.15, 0.2) is 5.75 Å². The Morgan fingerprint density at radius 2 is 1.81 bits per heavy atom. The van der Waals surface area contributed by atoms with Gasteiger partial charge in [0, 0.05) is 18.7 Å². The van der Waals surface area contributed by atoms with E-state index in [2.05, 4.69) is 10.6 Å². The molecule has 1 aliphatic heterocycles. The van der Waals surface area contributed by atoms with Gasteiger partial charge in [0.25, 0.3) is 0 Å². The van der Waals surface area contributed by atoms with E-state index < -0.39 is 5.82 Å². The lowest BCUT2D eigenvalue weighted by Gasteiger charge is -2.17. The van der Waals surface area contributed by atoms with Crippen LogP contribution in [0.1, 0.15) is 12.8 Å². The molecule has 0 aromatic heterocycles. The molecule has 0 atom stereocenters. The van der Waals surface area contributed by atoms with E-state index >= 15 is 0 Å². The summed E-state index contributed by atoms with van der Waals surface area (Å²) in [5.74, 6) is 0.308. The molecule has 158 valence electrons. The van der Waals surface area contributed by atoms with Crippen LogP contribution in [-0.4, -0.2) is 24.9 Å². The van der Waals surface area contributed by atoms with Gasteiger partial charge in [0.2, 0.25) is 11.8 Å². The highest BCUT2D eigenvalue weighted by atomic mass is 19.1. The molecular weight excluding hydrogens is 397 g/mol. The fourth-order valence-electron chi connectivity index (χ4n) is 3.39. The van der Waals surface area contributed by atoms with Crippen LogP contribution in [-0.2, 0) is 9.59 Å². The molecule has 0 unspecified atom stereocenters. The molecule has 2 N–H and O–H groups in total. The first-order valence-corrected chi connectivity index (χ1v) is 10.1. The number of ether oxygens (including phenoxy) is 1. The third-order valence-corrected chi connectivity index (χ3v) is 4.90. The molecule has 3 aromatic rings. The molecule has 1 heterocycles. The van der Waals surface area contributed by atoms with Crippen LogP contribution in [0.2, 0.25) is 0 Å². The average molecular weight is 419 g/mol. The van der Waals surface area contributed by atoms with Crippen molar-refractivity contribution >= 4 is 28.9 Å². The minimum absolute atomic E-state index is 0.0545. The Morgan fingerprint density at radius 1 is 1.03 bits per heavy atom. The third kappa shape index (κ3) is 5.01. The number of carbonyl (C=O) groups is 2. The number of nitrogens with zero attached hydrogens (tertiary/aromatic N) is 1. The first-order chi connectivity index (χ1) is 15.1. The summed E-state index contributed by atoms with van der Waals surface area (Å²) in [5.41, 5.74) is 1.26. The number of para-hydroxylation sites is 3. The number of hydrogen-bond acceptors (Lipinski definition) is 4. The summed E-state index contributed by atoms with van der Waals surface area (Å²) in [6.45, 7) is 0.469. The van der Waals surface area contributed by atoms with E-state index in [-0.39, 0.29) is 24.0 Å². The molecule has 1 aliphatic rings. The normalized spacial score (nSPS) is 13.2. The highest BCUT2D eigenvalue weighted by Gasteiger charge is 2.24. The van der Waals surface area contributed by atoms with Gasteiger partial charge in [-0.3, -0.25) is 9.59 Å². The average Bonchev–Trinajstić information content (AvgIpc) is 3.20. The lowest BCUT2D eigenvalue weighted by atomic mass is 10.2. The molecule has 3 aromatic carbocycles. The number of benzene rings is 3. The Labute approximate surface area is 179 Å². The Bertz CT molecular complexity index is 1090. The summed E-state index contributed by atoms with van der Waals surface area (Å²) in [5, 5.41) is 5.71. The summed E-state index contributed by atoms with van der Waals surface area (Å²) < 4.78 is 20.3. The van der Waals surface area contributed by atoms with Gasteiger partial charge in [-0.1, -0.05) is 30.3 Å². The number of carbonyl (C=O) groups excluding carboxylic acids is 2. The van der Waals surface area contributed by atoms with Gasteiger partial charge in [-0.2, -0.15) is 0 Å². The lowest BCUT2D eigenvalue weighted by molar-refractivity contribution is -0.117. The molecule has 0 spiro atoms. The van der Waals surface area contributed by atoms with E-state index in [1.54, 1.807) is 30.3 Å². The van der Waals surface area contributed by atoms with Crippen LogP contribution in [0, 0.1) is 5.82 Å². The third-order valence-electron chi connectivity index (χ3n) is 4.90. The zero-order chi connectivity index (χ0) is 21.6. The van der Waals surface area contributed by atoms with Gasteiger partial charge in [-0.05, 0) is 48.9 Å². The van der Waals surface area contributed by atoms with Crippen molar-refractivity contribution in [1.29, 1.82) is 0 Å². The highest BCUT2D eigenvalue weighted by molar-refractivity contribution is 5.96. The van der Waals surface area contributed by atoms with Gasteiger partial charge >= 0.3 is 0 Å². The monoisotopic (exact) mass is 419 g/mol. The molecule has 4 rings (SSSR count). The summed E-state index contributed by atoms with van der Waals surface area (Å²) >= 11 is 0. The predicted molar refractivity (Wildman–Crippen MR) is 118 cm³/mol. The molecule has 7 heteroatoms. The van der Waals surface area contributed by atoms with Crippen molar-refractivity contribution in [2.45, 2.75) is 12.8 Å². The number of nitrogens with one attached hydrogen (secondary N) is 2. The van der Waals surface area contributed by atoms with Crippen LogP contribution in [0.4, 0.5) is 21.5 Å². The molecule has 0 aliphatic carbocycles. The van der Waals surface area contributed by atoms with Crippen molar-refractivity contribution in [3.8, 4) is 11.5 Å². The fourth-order valence-corrected chi connectivity index (χ4v) is 3.39. The van der Waals surface area contributed by atoms with Gasteiger partial charge in [-0.15, -0.1) is 0 Å². The van der Waals surface area contributed by atoms with Crippen molar-refractivity contribution in [1.82, 2.24) is 0 Å². The summed E-state index contributed by atoms with van der Waals surface area (Å²) in [6, 6.07) is 20.9. The minimum atomic E-state index is -0.498. The summed E-state index contributed by atoms with van der Waals surface area (Å²) in [7, 11) is 0. The maximum absolute atomic E-state index is 14.5. The number of amides is 2. The number of halogens is 1. The Morgan fingerprint density at radius 3 is 2.55 bits per heavy atom. The Kier molecular flexibility index (Phi) is 6.12. The maximum atomic E-state index is 14.5. The van der Waals surface area contributed by atoms with Crippen molar-refractivity contribution in [3.63, 3.8) is 0 Å². The second-order valence-electron chi connectivity index (χ2n) is 7.13. The van der Waals surface area contributed by atoms with Crippen molar-refractivity contribution in [3.05, 3.63) is 78.6 Å². The van der Waals surface area contributed by atoms with Crippen molar-refractivity contribution < 1.29 is 18.7 Å². The Hall–Kier alpha value is -3.87. The number of rotatable bonds is 7. The van der Waals surface area contributed by atoms with E-state index in [1.807, 2.05) is 36.4 Å². The number of hydrogen-bond donors (Lipinski definition) is 2. The quantitative estimate of drug-likeness (QED) is 0.577. The molecule has 2 amide bonds. The molecule has 6 nitrogen and oxygen atoms in total. The van der Waals surface area contributed by atoms with Crippen LogP contribution < -0.4 is 20.3 Å². The molecule has 1 fully saturated rings. The SMILES string of the molecule is O=C(CNc1ccc(N2CCCC2=O)c(F)c1)Nc1ccccc1Oc1ccccc1. The molecule has 0 radical (unpaired) electrons. The molecular formula is C24H22FN3O3. The molecule has 1 saturated heterocycles. The van der Waals surface area contributed by atoms with E-state index in [0.29, 0.717) is 35.8 Å². The molecule has 31 heavy (non-hydrogen) atoms. The van der Waals surface area contributed by atoms with Gasteiger partial charge < -0.3 is 20.3 Å². The summed E-state index contributed by atoms with van der Waals surface area (Å²) in [6.07, 6.45) is 1.17. The fraction of sp³-hybridized carbons (Fsp3) is 0.167. The van der Waals surface area contributed by atoms with Gasteiger partial charge in [0.05, 0.1) is 17.9 Å². The smallest absolute Gasteiger partial charge is 0.243 e. The minimum Gasteiger partial charge on any atom is -0.455 e. The van der Waals surface area contributed by atoms with E-state index in [4.69, 9.17) is 4.74 Å². The second kappa shape index (κ2) is 9.30. The van der Waals surface area contributed by atoms with E-state index in [9.17, 15) is 14.0 Å². The largest absolute Gasteiger partial charge is 0.455 e. The first kappa shape index (κ1) is 20.4. The van der Waals surface area contributed by atoms with Crippen LogP contribution in [0.3, 0.4) is 0 Å². The molecule has 0 bridgehead atoms. The maximum Gasteiger partial charge on any atom is 0.243 e. The molecule has 0 saturated carbocycles. The van der Waals surface area contributed by atoms with E-state index in [0.717, 1.165) is 6.42 Å².